The highest BCUT2D eigenvalue weighted by atomic mass is 32.1. The molecule has 0 spiro atoms. The minimum absolute atomic E-state index is 0.0248. The molecule has 1 aliphatic rings. The molecule has 33 heavy (non-hydrogen) atoms. The number of aliphatic hydroxyl groups excluding tert-OH is 1. The summed E-state index contributed by atoms with van der Waals surface area (Å²) in [6, 6.07) is 1.85. The molecule has 4 aromatic rings. The maximum Gasteiger partial charge on any atom is 0.275 e. The predicted octanol–water partition coefficient (Wildman–Crippen LogP) is 3.80. The Hall–Kier alpha value is -3.51. The molecule has 0 bridgehead atoms. The molecule has 170 valence electrons. The zero-order valence-electron chi connectivity index (χ0n) is 17.2. The van der Waals surface area contributed by atoms with Crippen molar-refractivity contribution in [3.05, 3.63) is 53.6 Å². The van der Waals surface area contributed by atoms with Crippen LogP contribution in [0.5, 0.6) is 0 Å². The molecule has 3 N–H and O–H groups in total. The van der Waals surface area contributed by atoms with Gasteiger partial charge in [0.25, 0.3) is 5.91 Å². The average Bonchev–Trinajstić information content (AvgIpc) is 3.56. The second-order valence-electron chi connectivity index (χ2n) is 7.78. The van der Waals surface area contributed by atoms with E-state index in [9.17, 15) is 18.7 Å². The number of aromatic nitrogens is 6. The van der Waals surface area contributed by atoms with Crippen molar-refractivity contribution in [2.24, 2.45) is 0 Å². The highest BCUT2D eigenvalue weighted by molar-refractivity contribution is 7.13. The summed E-state index contributed by atoms with van der Waals surface area (Å²) in [5.74, 6) is -2.13. The third-order valence-electron chi connectivity index (χ3n) is 5.54. The van der Waals surface area contributed by atoms with Gasteiger partial charge in [-0.2, -0.15) is 14.6 Å². The van der Waals surface area contributed by atoms with Crippen LogP contribution in [-0.4, -0.2) is 47.1 Å². The van der Waals surface area contributed by atoms with Gasteiger partial charge in [0.05, 0.1) is 24.0 Å². The number of carbonyl (C=O) groups excluding carboxylic acids is 1. The maximum atomic E-state index is 14.5. The highest BCUT2D eigenvalue weighted by Crippen LogP contribution is 2.34. The summed E-state index contributed by atoms with van der Waals surface area (Å²) in [6.07, 6.45) is 7.08. The van der Waals surface area contributed by atoms with Gasteiger partial charge in [0.15, 0.2) is 5.82 Å². The van der Waals surface area contributed by atoms with Crippen LogP contribution in [0.1, 0.15) is 42.2 Å². The van der Waals surface area contributed by atoms with Gasteiger partial charge in [0, 0.05) is 23.3 Å². The van der Waals surface area contributed by atoms with Gasteiger partial charge in [-0.1, -0.05) is 0 Å². The Kier molecular flexibility index (Phi) is 5.68. The van der Waals surface area contributed by atoms with Gasteiger partial charge >= 0.3 is 0 Å². The minimum atomic E-state index is -0.858. The topological polar surface area (TPSA) is 122 Å². The van der Waals surface area contributed by atoms with E-state index in [1.807, 2.05) is 0 Å². The lowest BCUT2D eigenvalue weighted by Gasteiger charge is -2.25. The molecule has 5 rings (SSSR count). The van der Waals surface area contributed by atoms with E-state index in [-0.39, 0.29) is 34.9 Å². The van der Waals surface area contributed by atoms with E-state index in [0.717, 1.165) is 17.7 Å². The Morgan fingerprint density at radius 3 is 2.76 bits per heavy atom. The van der Waals surface area contributed by atoms with Gasteiger partial charge in [0.1, 0.15) is 22.1 Å². The number of H-pyrrole nitrogens is 1. The molecule has 1 saturated carbocycles. The van der Waals surface area contributed by atoms with Crippen molar-refractivity contribution in [3.63, 3.8) is 0 Å². The van der Waals surface area contributed by atoms with Gasteiger partial charge in [0.2, 0.25) is 5.95 Å². The van der Waals surface area contributed by atoms with Crippen LogP contribution in [0, 0.1) is 11.8 Å². The molecule has 12 heteroatoms. The van der Waals surface area contributed by atoms with Crippen LogP contribution in [0.3, 0.4) is 0 Å². The molecule has 4 heterocycles. The number of nitrogens with one attached hydrogen (secondary N) is 2. The molecular formula is C21H19F2N7O2S. The van der Waals surface area contributed by atoms with Gasteiger partial charge in [-0.15, -0.1) is 11.3 Å². The summed E-state index contributed by atoms with van der Waals surface area (Å²) < 4.78 is 29.9. The Morgan fingerprint density at radius 2 is 2.00 bits per heavy atom. The fraction of sp³-hybridized carbons (Fsp3) is 0.286. The average molecular weight is 471 g/mol. The lowest BCUT2D eigenvalue weighted by atomic mass is 9.93. The predicted molar refractivity (Wildman–Crippen MR) is 117 cm³/mol. The number of nitrogens with zero attached hydrogens (tertiary/aromatic N) is 5. The standard InChI is InChI=1S/C21H19F2N7O2S/c22-14-5-6-17(23)28-18(14)19-15(9-30(29-19)12-1-3-13(31)4-2-12)26-20(32)16-10-33-21(27-16)11-7-24-25-8-11/h5-10,12-13,31H,1-4H2,(H,24,25)(H,26,32). The van der Waals surface area contributed by atoms with Gasteiger partial charge < -0.3 is 10.4 Å². The van der Waals surface area contributed by atoms with E-state index in [0.29, 0.717) is 30.7 Å². The monoisotopic (exact) mass is 471 g/mol. The SMILES string of the molecule is O=C(Nc1cn(C2CCC(O)CC2)nc1-c1nc(F)ccc1F)c1csc(-c2cn[nH]c2)n1. The zero-order chi connectivity index (χ0) is 22.9. The summed E-state index contributed by atoms with van der Waals surface area (Å²) >= 11 is 1.28. The van der Waals surface area contributed by atoms with E-state index in [1.54, 1.807) is 28.7 Å². The summed E-state index contributed by atoms with van der Waals surface area (Å²) in [6.45, 7) is 0. The Balaban J connectivity index is 1.47. The molecule has 1 aliphatic carbocycles. The van der Waals surface area contributed by atoms with Crippen LogP contribution >= 0.6 is 11.3 Å². The van der Waals surface area contributed by atoms with E-state index in [2.05, 4.69) is 30.6 Å². The normalized spacial score (nSPS) is 18.4. The van der Waals surface area contributed by atoms with Crippen molar-refractivity contribution in [2.45, 2.75) is 37.8 Å². The van der Waals surface area contributed by atoms with E-state index in [4.69, 9.17) is 0 Å². The molecule has 1 fully saturated rings. The fourth-order valence-corrected chi connectivity index (χ4v) is 4.60. The first-order valence-corrected chi connectivity index (χ1v) is 11.2. The number of aliphatic hydroxyl groups is 1. The van der Waals surface area contributed by atoms with Crippen LogP contribution in [0.2, 0.25) is 0 Å². The minimum Gasteiger partial charge on any atom is -0.393 e. The van der Waals surface area contributed by atoms with Crippen LogP contribution in [0.25, 0.3) is 22.0 Å². The molecule has 0 atom stereocenters. The Morgan fingerprint density at radius 1 is 1.18 bits per heavy atom. The number of pyridine rings is 1. The van der Waals surface area contributed by atoms with E-state index < -0.39 is 17.7 Å². The highest BCUT2D eigenvalue weighted by Gasteiger charge is 2.26. The smallest absolute Gasteiger partial charge is 0.275 e. The first kappa shape index (κ1) is 21.3. The number of carbonyl (C=O) groups is 1. The van der Waals surface area contributed by atoms with Gasteiger partial charge in [-0.25, -0.2) is 14.4 Å². The van der Waals surface area contributed by atoms with E-state index in [1.165, 1.54) is 11.3 Å². The molecule has 4 aromatic heterocycles. The van der Waals surface area contributed by atoms with Gasteiger partial charge in [-0.05, 0) is 37.8 Å². The van der Waals surface area contributed by atoms with Crippen LogP contribution in [0.4, 0.5) is 14.5 Å². The Labute approximate surface area is 190 Å². The summed E-state index contributed by atoms with van der Waals surface area (Å²) in [7, 11) is 0. The van der Waals surface area contributed by atoms with Crippen molar-refractivity contribution >= 4 is 22.9 Å². The first-order chi connectivity index (χ1) is 16.0. The lowest BCUT2D eigenvalue weighted by molar-refractivity contribution is 0.102. The number of hydrogen-bond donors (Lipinski definition) is 3. The first-order valence-electron chi connectivity index (χ1n) is 10.3. The van der Waals surface area contributed by atoms with Crippen LogP contribution in [-0.2, 0) is 0 Å². The summed E-state index contributed by atoms with van der Waals surface area (Å²) in [4.78, 5) is 20.9. The largest absolute Gasteiger partial charge is 0.393 e. The number of aromatic amines is 1. The number of halogens is 2. The molecule has 0 aliphatic heterocycles. The molecule has 0 radical (unpaired) electrons. The van der Waals surface area contributed by atoms with Gasteiger partial charge in [-0.3, -0.25) is 14.6 Å². The molecule has 0 aromatic carbocycles. The third kappa shape index (κ3) is 4.39. The second kappa shape index (κ2) is 8.79. The van der Waals surface area contributed by atoms with Crippen molar-refractivity contribution in [3.8, 4) is 22.0 Å². The second-order valence-corrected chi connectivity index (χ2v) is 8.64. The lowest BCUT2D eigenvalue weighted by Crippen LogP contribution is -2.21. The van der Waals surface area contributed by atoms with E-state index >= 15 is 0 Å². The third-order valence-corrected chi connectivity index (χ3v) is 6.43. The maximum absolute atomic E-state index is 14.5. The summed E-state index contributed by atoms with van der Waals surface area (Å²) in [5.41, 5.74) is 0.844. The fourth-order valence-electron chi connectivity index (χ4n) is 3.82. The van der Waals surface area contributed by atoms with Crippen molar-refractivity contribution in [2.75, 3.05) is 5.32 Å². The molecule has 0 unspecified atom stereocenters. The molecule has 1 amide bonds. The quantitative estimate of drug-likeness (QED) is 0.381. The number of rotatable bonds is 5. The van der Waals surface area contributed by atoms with Crippen LogP contribution in [0.15, 0.2) is 36.1 Å². The van der Waals surface area contributed by atoms with Crippen molar-refractivity contribution in [1.82, 2.24) is 29.9 Å². The molecular weight excluding hydrogens is 452 g/mol. The van der Waals surface area contributed by atoms with Crippen molar-refractivity contribution < 1.29 is 18.7 Å². The zero-order valence-corrected chi connectivity index (χ0v) is 18.0. The van der Waals surface area contributed by atoms with Crippen LogP contribution < -0.4 is 5.32 Å². The number of amides is 1. The number of hydrogen-bond acceptors (Lipinski definition) is 7. The van der Waals surface area contributed by atoms with Crippen molar-refractivity contribution in [1.29, 1.82) is 0 Å². The Bertz CT molecular complexity index is 1280. The number of anilines is 1. The molecule has 9 nitrogen and oxygen atoms in total. The molecule has 0 saturated heterocycles. The number of thiazole rings is 1. The summed E-state index contributed by atoms with van der Waals surface area (Å²) in [5, 5.41) is 25.7.